The van der Waals surface area contributed by atoms with Crippen LogP contribution in [0.25, 0.3) is 5.57 Å². The lowest BCUT2D eigenvalue weighted by Crippen LogP contribution is -2.52. The summed E-state index contributed by atoms with van der Waals surface area (Å²) in [4.78, 5) is 42.5. The standard InChI is InChI=1S/C22H28N4O3S/c1-14-19(12-30-13-24-14)18-8-6-17(7-9-18)11-23-21(28)20-5-4-10-26(20)22(29)15(2)25-16(3)27/h6-9,13,15,20H,4-5,10-12H2,1-3H3,(H,23,28)(H,25,27). The van der Waals surface area contributed by atoms with Gasteiger partial charge in [0.2, 0.25) is 17.7 Å². The van der Waals surface area contributed by atoms with E-state index >= 15 is 0 Å². The summed E-state index contributed by atoms with van der Waals surface area (Å²) in [6.07, 6.45) is 1.41. The van der Waals surface area contributed by atoms with Crippen molar-refractivity contribution in [1.29, 1.82) is 0 Å². The molecule has 0 aliphatic carbocycles. The molecule has 2 atom stereocenters. The van der Waals surface area contributed by atoms with Gasteiger partial charge in [0.1, 0.15) is 12.1 Å². The highest BCUT2D eigenvalue weighted by Crippen LogP contribution is 2.27. The van der Waals surface area contributed by atoms with Crippen LogP contribution in [0.1, 0.15) is 44.7 Å². The van der Waals surface area contributed by atoms with E-state index in [9.17, 15) is 14.4 Å². The Morgan fingerprint density at radius 1 is 1.27 bits per heavy atom. The van der Waals surface area contributed by atoms with E-state index in [0.717, 1.165) is 29.0 Å². The Morgan fingerprint density at radius 2 is 2.00 bits per heavy atom. The highest BCUT2D eigenvalue weighted by molar-refractivity contribution is 8.12. The summed E-state index contributed by atoms with van der Waals surface area (Å²) < 4.78 is 0. The summed E-state index contributed by atoms with van der Waals surface area (Å²) in [5, 5.41) is 5.55. The summed E-state index contributed by atoms with van der Waals surface area (Å²) in [7, 11) is 0. The van der Waals surface area contributed by atoms with Crippen LogP contribution in [0.15, 0.2) is 35.0 Å². The fourth-order valence-electron chi connectivity index (χ4n) is 3.76. The number of benzene rings is 1. The summed E-state index contributed by atoms with van der Waals surface area (Å²) in [6, 6.07) is 7.01. The summed E-state index contributed by atoms with van der Waals surface area (Å²) in [5.74, 6) is 0.276. The maximum Gasteiger partial charge on any atom is 0.245 e. The number of carbonyl (C=O) groups excluding carboxylic acids is 3. The van der Waals surface area contributed by atoms with E-state index in [1.54, 1.807) is 23.6 Å². The Balaban J connectivity index is 1.57. The molecule has 8 heteroatoms. The first kappa shape index (κ1) is 22.1. The number of hydrogen-bond acceptors (Lipinski definition) is 5. The first-order valence-electron chi connectivity index (χ1n) is 10.2. The zero-order valence-corrected chi connectivity index (χ0v) is 18.4. The molecule has 0 bridgehead atoms. The van der Waals surface area contributed by atoms with Gasteiger partial charge < -0.3 is 15.5 Å². The Kier molecular flexibility index (Phi) is 7.31. The topological polar surface area (TPSA) is 90.9 Å². The normalized spacial score (nSPS) is 19.6. The first-order chi connectivity index (χ1) is 14.4. The molecule has 3 rings (SSSR count). The summed E-state index contributed by atoms with van der Waals surface area (Å²) >= 11 is 1.68. The maximum atomic E-state index is 12.7. The van der Waals surface area contributed by atoms with Gasteiger partial charge in [-0.2, -0.15) is 0 Å². The lowest BCUT2D eigenvalue weighted by molar-refractivity contribution is -0.140. The molecule has 2 aliphatic heterocycles. The third kappa shape index (κ3) is 5.30. The number of rotatable bonds is 6. The zero-order valence-electron chi connectivity index (χ0n) is 17.6. The molecule has 1 saturated heterocycles. The molecule has 0 radical (unpaired) electrons. The van der Waals surface area contributed by atoms with Gasteiger partial charge in [0.15, 0.2) is 0 Å². The van der Waals surface area contributed by atoms with Gasteiger partial charge in [-0.25, -0.2) is 0 Å². The fraction of sp³-hybridized carbons (Fsp3) is 0.455. The molecule has 2 heterocycles. The molecule has 2 N–H and O–H groups in total. The minimum Gasteiger partial charge on any atom is -0.350 e. The molecule has 160 valence electrons. The zero-order chi connectivity index (χ0) is 21.7. The molecular formula is C22H28N4O3S. The van der Waals surface area contributed by atoms with Crippen molar-refractivity contribution in [2.75, 3.05) is 12.3 Å². The first-order valence-corrected chi connectivity index (χ1v) is 11.2. The molecule has 30 heavy (non-hydrogen) atoms. The third-order valence-electron chi connectivity index (χ3n) is 5.38. The monoisotopic (exact) mass is 428 g/mol. The Morgan fingerprint density at radius 3 is 2.67 bits per heavy atom. The molecule has 3 amide bonds. The minimum atomic E-state index is -0.636. The highest BCUT2D eigenvalue weighted by Gasteiger charge is 2.35. The van der Waals surface area contributed by atoms with Crippen LogP contribution in [-0.2, 0) is 20.9 Å². The van der Waals surface area contributed by atoms with E-state index < -0.39 is 12.1 Å². The Bertz CT molecular complexity index is 879. The van der Waals surface area contributed by atoms with E-state index in [2.05, 4.69) is 27.8 Å². The van der Waals surface area contributed by atoms with Gasteiger partial charge in [-0.05, 0) is 43.4 Å². The molecule has 1 aromatic rings. The molecule has 2 aliphatic rings. The molecular weight excluding hydrogens is 400 g/mol. The van der Waals surface area contributed by atoms with Crippen molar-refractivity contribution in [2.45, 2.75) is 52.2 Å². The highest BCUT2D eigenvalue weighted by atomic mass is 32.2. The largest absolute Gasteiger partial charge is 0.350 e. The van der Waals surface area contributed by atoms with E-state index in [1.165, 1.54) is 12.5 Å². The molecule has 7 nitrogen and oxygen atoms in total. The predicted molar refractivity (Wildman–Crippen MR) is 120 cm³/mol. The van der Waals surface area contributed by atoms with Gasteiger partial charge in [-0.1, -0.05) is 24.3 Å². The number of nitrogens with zero attached hydrogens (tertiary/aromatic N) is 2. The smallest absolute Gasteiger partial charge is 0.245 e. The second-order valence-corrected chi connectivity index (χ2v) is 8.47. The number of nitrogens with one attached hydrogen (secondary N) is 2. The number of carbonyl (C=O) groups is 3. The maximum absolute atomic E-state index is 12.7. The van der Waals surface area contributed by atoms with E-state index in [1.807, 2.05) is 24.6 Å². The van der Waals surface area contributed by atoms with Gasteiger partial charge in [-0.15, -0.1) is 11.8 Å². The molecule has 2 unspecified atom stereocenters. The van der Waals surface area contributed by atoms with Crippen molar-refractivity contribution >= 4 is 40.6 Å². The summed E-state index contributed by atoms with van der Waals surface area (Å²) in [5.41, 5.74) is 6.28. The third-order valence-corrected chi connectivity index (χ3v) is 6.09. The van der Waals surface area contributed by atoms with Crippen molar-refractivity contribution in [2.24, 2.45) is 4.99 Å². The molecule has 0 saturated carbocycles. The van der Waals surface area contributed by atoms with Crippen LogP contribution in [0.2, 0.25) is 0 Å². The van der Waals surface area contributed by atoms with Gasteiger partial charge in [-0.3, -0.25) is 19.4 Å². The number of likely N-dealkylation sites (tertiary alicyclic amines) is 1. The lowest BCUT2D eigenvalue weighted by atomic mass is 10.0. The number of allylic oxidation sites excluding steroid dienone is 1. The van der Waals surface area contributed by atoms with Gasteiger partial charge >= 0.3 is 0 Å². The predicted octanol–water partition coefficient (Wildman–Crippen LogP) is 2.32. The second-order valence-electron chi connectivity index (χ2n) is 7.64. The van der Waals surface area contributed by atoms with Crippen LogP contribution in [0, 0.1) is 0 Å². The molecule has 1 aromatic carbocycles. The van der Waals surface area contributed by atoms with E-state index in [0.29, 0.717) is 19.5 Å². The second kappa shape index (κ2) is 9.93. The van der Waals surface area contributed by atoms with Crippen molar-refractivity contribution in [3.8, 4) is 0 Å². The van der Waals surface area contributed by atoms with Gasteiger partial charge in [0.25, 0.3) is 0 Å². The van der Waals surface area contributed by atoms with Gasteiger partial charge in [0, 0.05) is 31.5 Å². The fourth-order valence-corrected chi connectivity index (χ4v) is 4.61. The molecule has 1 fully saturated rings. The van der Waals surface area contributed by atoms with E-state index in [4.69, 9.17) is 0 Å². The quantitative estimate of drug-likeness (QED) is 0.728. The van der Waals surface area contributed by atoms with Gasteiger partial charge in [0.05, 0.1) is 5.55 Å². The average molecular weight is 429 g/mol. The van der Waals surface area contributed by atoms with Crippen LogP contribution in [-0.4, -0.2) is 52.5 Å². The van der Waals surface area contributed by atoms with Crippen LogP contribution in [0.5, 0.6) is 0 Å². The SMILES string of the molecule is CC(=O)NC(C)C(=O)N1CCCC1C(=O)NCc1ccc(C2=C(C)N=CSC2)cc1. The van der Waals surface area contributed by atoms with Crippen LogP contribution >= 0.6 is 11.8 Å². The number of amides is 3. The number of thioether (sulfide) groups is 1. The van der Waals surface area contributed by atoms with E-state index in [-0.39, 0.29) is 17.7 Å². The number of hydrogen-bond donors (Lipinski definition) is 2. The Labute approximate surface area is 181 Å². The molecule has 0 aromatic heterocycles. The Hall–Kier alpha value is -2.61. The van der Waals surface area contributed by atoms with Crippen LogP contribution in [0.3, 0.4) is 0 Å². The number of aliphatic imine (C=N–C) groups is 1. The summed E-state index contributed by atoms with van der Waals surface area (Å²) in [6.45, 7) is 5.97. The molecule has 0 spiro atoms. The average Bonchev–Trinajstić information content (AvgIpc) is 3.21. The van der Waals surface area contributed by atoms with Crippen LogP contribution in [0.4, 0.5) is 0 Å². The lowest BCUT2D eigenvalue weighted by Gasteiger charge is -2.27. The van der Waals surface area contributed by atoms with Crippen molar-refractivity contribution in [1.82, 2.24) is 15.5 Å². The van der Waals surface area contributed by atoms with Crippen molar-refractivity contribution < 1.29 is 14.4 Å². The minimum absolute atomic E-state index is 0.156. The van der Waals surface area contributed by atoms with Crippen LogP contribution < -0.4 is 10.6 Å². The van der Waals surface area contributed by atoms with Crippen molar-refractivity contribution in [3.05, 3.63) is 41.1 Å². The van der Waals surface area contributed by atoms with Crippen molar-refractivity contribution in [3.63, 3.8) is 0 Å².